The standard InChI is InChI=1S/C13H12N2O4/c1-2-18-11-6-9(7-16)5-10-13(11)19-8-12(17)15(10)4-3-14/h5-7H,2,4,8H2,1H3. The van der Waals surface area contributed by atoms with Gasteiger partial charge >= 0.3 is 0 Å². The molecule has 0 aliphatic carbocycles. The number of amides is 1. The Morgan fingerprint density at radius 1 is 1.58 bits per heavy atom. The number of carbonyl (C=O) groups excluding carboxylic acids is 2. The van der Waals surface area contributed by atoms with Crippen LogP contribution in [-0.4, -0.2) is 32.0 Å². The van der Waals surface area contributed by atoms with Crippen LogP contribution in [0.3, 0.4) is 0 Å². The summed E-state index contributed by atoms with van der Waals surface area (Å²) in [4.78, 5) is 24.0. The van der Waals surface area contributed by atoms with E-state index in [0.717, 1.165) is 0 Å². The van der Waals surface area contributed by atoms with Crippen molar-refractivity contribution >= 4 is 17.9 Å². The molecule has 0 spiro atoms. The number of nitriles is 1. The molecule has 19 heavy (non-hydrogen) atoms. The first kappa shape index (κ1) is 12.9. The number of hydrogen-bond donors (Lipinski definition) is 0. The van der Waals surface area contributed by atoms with Gasteiger partial charge in [-0.2, -0.15) is 5.26 Å². The Balaban J connectivity index is 2.56. The number of fused-ring (bicyclic) bond motifs is 1. The molecule has 0 saturated carbocycles. The highest BCUT2D eigenvalue weighted by atomic mass is 16.5. The lowest BCUT2D eigenvalue weighted by Crippen LogP contribution is -2.39. The average Bonchev–Trinajstić information content (AvgIpc) is 2.42. The van der Waals surface area contributed by atoms with E-state index < -0.39 is 0 Å². The third kappa shape index (κ3) is 2.36. The van der Waals surface area contributed by atoms with Gasteiger partial charge < -0.3 is 9.47 Å². The van der Waals surface area contributed by atoms with Crippen molar-refractivity contribution in [1.82, 2.24) is 0 Å². The van der Waals surface area contributed by atoms with E-state index in [2.05, 4.69) is 0 Å². The Morgan fingerprint density at radius 2 is 2.37 bits per heavy atom. The molecule has 0 aromatic heterocycles. The lowest BCUT2D eigenvalue weighted by atomic mass is 10.1. The van der Waals surface area contributed by atoms with Gasteiger partial charge in [-0.25, -0.2) is 0 Å². The van der Waals surface area contributed by atoms with Crippen LogP contribution in [0.1, 0.15) is 17.3 Å². The second-order valence-electron chi connectivity index (χ2n) is 3.84. The highest BCUT2D eigenvalue weighted by Gasteiger charge is 2.28. The zero-order valence-corrected chi connectivity index (χ0v) is 10.4. The molecule has 1 aromatic carbocycles. The summed E-state index contributed by atoms with van der Waals surface area (Å²) in [6.45, 7) is 1.98. The average molecular weight is 260 g/mol. The number of hydrogen-bond acceptors (Lipinski definition) is 5. The number of carbonyl (C=O) groups is 2. The van der Waals surface area contributed by atoms with Gasteiger partial charge in [-0.15, -0.1) is 0 Å². The third-order valence-electron chi connectivity index (χ3n) is 2.65. The molecule has 0 N–H and O–H groups in total. The first-order valence-electron chi connectivity index (χ1n) is 5.77. The number of benzene rings is 1. The highest BCUT2D eigenvalue weighted by Crippen LogP contribution is 2.41. The zero-order chi connectivity index (χ0) is 13.8. The summed E-state index contributed by atoms with van der Waals surface area (Å²) in [5, 5.41) is 8.78. The summed E-state index contributed by atoms with van der Waals surface area (Å²) >= 11 is 0. The van der Waals surface area contributed by atoms with Crippen molar-refractivity contribution < 1.29 is 19.1 Å². The van der Waals surface area contributed by atoms with Crippen LogP contribution in [0.2, 0.25) is 0 Å². The summed E-state index contributed by atoms with van der Waals surface area (Å²) in [5.74, 6) is 0.472. The highest BCUT2D eigenvalue weighted by molar-refractivity contribution is 6.00. The molecule has 1 amide bonds. The molecule has 1 aliphatic rings. The minimum Gasteiger partial charge on any atom is -0.490 e. The van der Waals surface area contributed by atoms with Gasteiger partial charge in [0, 0.05) is 5.56 Å². The summed E-state index contributed by atoms with van der Waals surface area (Å²) in [6.07, 6.45) is 0.659. The van der Waals surface area contributed by atoms with E-state index in [1.807, 2.05) is 6.07 Å². The fourth-order valence-electron chi connectivity index (χ4n) is 1.87. The Labute approximate surface area is 110 Å². The molecule has 2 rings (SSSR count). The van der Waals surface area contributed by atoms with Gasteiger partial charge in [-0.3, -0.25) is 14.5 Å². The van der Waals surface area contributed by atoms with E-state index in [4.69, 9.17) is 14.7 Å². The molecule has 0 fully saturated rings. The molecule has 0 unspecified atom stereocenters. The number of aldehydes is 1. The topological polar surface area (TPSA) is 79.6 Å². The first-order valence-corrected chi connectivity index (χ1v) is 5.77. The van der Waals surface area contributed by atoms with E-state index in [0.29, 0.717) is 35.6 Å². The molecule has 98 valence electrons. The van der Waals surface area contributed by atoms with Gasteiger partial charge in [0.1, 0.15) is 12.8 Å². The maximum absolute atomic E-state index is 11.7. The van der Waals surface area contributed by atoms with Crippen LogP contribution in [0, 0.1) is 11.3 Å². The normalized spacial score (nSPS) is 13.3. The molecule has 6 heteroatoms. The molecular weight excluding hydrogens is 248 g/mol. The van der Waals surface area contributed by atoms with Gasteiger partial charge in [0.05, 0.1) is 18.4 Å². The smallest absolute Gasteiger partial charge is 0.265 e. The van der Waals surface area contributed by atoms with Crippen molar-refractivity contribution in [2.45, 2.75) is 6.92 Å². The van der Waals surface area contributed by atoms with Gasteiger partial charge in [0.15, 0.2) is 18.1 Å². The van der Waals surface area contributed by atoms with Gasteiger partial charge in [-0.1, -0.05) is 0 Å². The fourth-order valence-corrected chi connectivity index (χ4v) is 1.87. The van der Waals surface area contributed by atoms with E-state index in [1.54, 1.807) is 13.0 Å². The Hall–Kier alpha value is -2.55. The predicted octanol–water partition coefficient (Wildman–Crippen LogP) is 1.15. The van der Waals surface area contributed by atoms with Gasteiger partial charge in [0.25, 0.3) is 5.91 Å². The van der Waals surface area contributed by atoms with Crippen LogP contribution in [0.5, 0.6) is 11.5 Å². The van der Waals surface area contributed by atoms with Gasteiger partial charge in [-0.05, 0) is 19.1 Å². The minimum atomic E-state index is -0.320. The lowest BCUT2D eigenvalue weighted by molar-refractivity contribution is -0.121. The van der Waals surface area contributed by atoms with Crippen LogP contribution < -0.4 is 14.4 Å². The fraction of sp³-hybridized carbons (Fsp3) is 0.308. The molecule has 0 radical (unpaired) electrons. The monoisotopic (exact) mass is 260 g/mol. The van der Waals surface area contributed by atoms with E-state index in [9.17, 15) is 9.59 Å². The SMILES string of the molecule is CCOc1cc(C=O)cc2c1OCC(=O)N2CC#N. The van der Waals surface area contributed by atoms with E-state index in [-0.39, 0.29) is 19.1 Å². The number of rotatable bonds is 4. The maximum Gasteiger partial charge on any atom is 0.265 e. The lowest BCUT2D eigenvalue weighted by Gasteiger charge is -2.28. The summed E-state index contributed by atoms with van der Waals surface area (Å²) < 4.78 is 10.8. The van der Waals surface area contributed by atoms with Crippen LogP contribution in [-0.2, 0) is 4.79 Å². The van der Waals surface area contributed by atoms with E-state index in [1.165, 1.54) is 11.0 Å². The van der Waals surface area contributed by atoms with Crippen LogP contribution in [0.15, 0.2) is 12.1 Å². The van der Waals surface area contributed by atoms with E-state index >= 15 is 0 Å². The molecule has 6 nitrogen and oxygen atoms in total. The zero-order valence-electron chi connectivity index (χ0n) is 10.4. The molecule has 0 saturated heterocycles. The molecule has 0 bridgehead atoms. The Morgan fingerprint density at radius 3 is 3.00 bits per heavy atom. The molecule has 1 aromatic rings. The minimum absolute atomic E-state index is 0.0942. The number of anilines is 1. The van der Waals surface area contributed by atoms with Crippen molar-refractivity contribution in [3.63, 3.8) is 0 Å². The quantitative estimate of drug-likeness (QED) is 0.599. The van der Waals surface area contributed by atoms with Crippen LogP contribution in [0.4, 0.5) is 5.69 Å². The molecule has 0 atom stereocenters. The van der Waals surface area contributed by atoms with Gasteiger partial charge in [0.2, 0.25) is 0 Å². The predicted molar refractivity (Wildman–Crippen MR) is 66.5 cm³/mol. The second kappa shape index (κ2) is 5.40. The van der Waals surface area contributed by atoms with Crippen molar-refractivity contribution in [3.8, 4) is 17.6 Å². The van der Waals surface area contributed by atoms with Crippen molar-refractivity contribution in [1.29, 1.82) is 5.26 Å². The Kier molecular flexibility index (Phi) is 3.66. The number of ether oxygens (including phenoxy) is 2. The van der Waals surface area contributed by atoms with Crippen molar-refractivity contribution in [3.05, 3.63) is 17.7 Å². The summed E-state index contributed by atoms with van der Waals surface area (Å²) in [6, 6.07) is 4.98. The van der Waals surface area contributed by atoms with Crippen LogP contribution in [0.25, 0.3) is 0 Å². The second-order valence-corrected chi connectivity index (χ2v) is 3.84. The molecular formula is C13H12N2O4. The molecule has 1 heterocycles. The van der Waals surface area contributed by atoms with Crippen molar-refractivity contribution in [2.24, 2.45) is 0 Å². The summed E-state index contributed by atoms with van der Waals surface area (Å²) in [5.41, 5.74) is 0.759. The van der Waals surface area contributed by atoms with Crippen molar-refractivity contribution in [2.75, 3.05) is 24.7 Å². The molecule has 1 aliphatic heterocycles. The van der Waals surface area contributed by atoms with Crippen LogP contribution >= 0.6 is 0 Å². The number of nitrogens with zero attached hydrogens (tertiary/aromatic N) is 2. The Bertz CT molecular complexity index is 562. The maximum atomic E-state index is 11.7. The first-order chi connectivity index (χ1) is 9.21. The third-order valence-corrected chi connectivity index (χ3v) is 2.65. The largest absolute Gasteiger partial charge is 0.490 e. The summed E-state index contributed by atoms with van der Waals surface area (Å²) in [7, 11) is 0.